The first-order valence-electron chi connectivity index (χ1n) is 6.82. The minimum absolute atomic E-state index is 0.0384. The number of ether oxygens (including phenoxy) is 1. The van der Waals surface area contributed by atoms with E-state index < -0.39 is 23.8 Å². The molecule has 0 bridgehead atoms. The van der Waals surface area contributed by atoms with Crippen molar-refractivity contribution in [3.63, 3.8) is 0 Å². The summed E-state index contributed by atoms with van der Waals surface area (Å²) in [7, 11) is 0. The van der Waals surface area contributed by atoms with E-state index in [1.54, 1.807) is 38.1 Å². The molecule has 0 saturated heterocycles. The van der Waals surface area contributed by atoms with Crippen LogP contribution in [0.3, 0.4) is 0 Å². The first kappa shape index (κ1) is 18.0. The molecule has 0 aliphatic carbocycles. The molecule has 22 heavy (non-hydrogen) atoms. The van der Waals surface area contributed by atoms with Gasteiger partial charge in [0, 0.05) is 6.04 Å². The van der Waals surface area contributed by atoms with Gasteiger partial charge in [-0.25, -0.2) is 4.79 Å². The molecule has 1 aromatic rings. The van der Waals surface area contributed by atoms with Crippen LogP contribution in [0.2, 0.25) is 5.02 Å². The summed E-state index contributed by atoms with van der Waals surface area (Å²) >= 11 is 5.90. The van der Waals surface area contributed by atoms with Crippen LogP contribution in [0.1, 0.15) is 31.1 Å². The fraction of sp³-hybridized carbons (Fsp3) is 0.400. The maximum atomic E-state index is 12.0. The molecule has 0 spiro atoms. The summed E-state index contributed by atoms with van der Waals surface area (Å²) in [5.41, 5.74) is 0.265. The Morgan fingerprint density at radius 1 is 1.14 bits per heavy atom. The monoisotopic (exact) mass is 326 g/mol. The van der Waals surface area contributed by atoms with Gasteiger partial charge in [-0.3, -0.25) is 9.59 Å². The molecule has 120 valence electrons. The summed E-state index contributed by atoms with van der Waals surface area (Å²) in [5, 5.41) is 5.35. The number of benzene rings is 1. The van der Waals surface area contributed by atoms with Crippen molar-refractivity contribution in [3.05, 3.63) is 34.9 Å². The lowest BCUT2D eigenvalue weighted by Gasteiger charge is -2.14. The van der Waals surface area contributed by atoms with E-state index in [2.05, 4.69) is 10.6 Å². The summed E-state index contributed by atoms with van der Waals surface area (Å²) in [6.07, 6.45) is 0. The SMILES string of the molecule is CC(C)NC(=O)COC(=O)[C@@H](C)NC(=O)c1ccccc1Cl. The lowest BCUT2D eigenvalue weighted by molar-refractivity contribution is -0.150. The van der Waals surface area contributed by atoms with Gasteiger partial charge in [0.2, 0.25) is 0 Å². The molecule has 0 heterocycles. The molecule has 0 unspecified atom stereocenters. The van der Waals surface area contributed by atoms with Crippen LogP contribution in [0.25, 0.3) is 0 Å². The van der Waals surface area contributed by atoms with E-state index in [-0.39, 0.29) is 23.2 Å². The molecular formula is C15H19ClN2O4. The van der Waals surface area contributed by atoms with E-state index in [4.69, 9.17) is 16.3 Å². The normalized spacial score (nSPS) is 11.7. The second-order valence-corrected chi connectivity index (χ2v) is 5.41. The van der Waals surface area contributed by atoms with Crippen molar-refractivity contribution in [3.8, 4) is 0 Å². The Morgan fingerprint density at radius 2 is 1.77 bits per heavy atom. The van der Waals surface area contributed by atoms with Crippen molar-refractivity contribution in [2.45, 2.75) is 32.9 Å². The van der Waals surface area contributed by atoms with Crippen LogP contribution in [-0.2, 0) is 14.3 Å². The van der Waals surface area contributed by atoms with Crippen molar-refractivity contribution in [1.82, 2.24) is 10.6 Å². The van der Waals surface area contributed by atoms with Crippen molar-refractivity contribution >= 4 is 29.4 Å². The van der Waals surface area contributed by atoms with Crippen molar-refractivity contribution in [2.75, 3.05) is 6.61 Å². The van der Waals surface area contributed by atoms with Crippen molar-refractivity contribution in [1.29, 1.82) is 0 Å². The number of halogens is 1. The number of esters is 1. The van der Waals surface area contributed by atoms with Crippen LogP contribution in [0.15, 0.2) is 24.3 Å². The summed E-state index contributed by atoms with van der Waals surface area (Å²) < 4.78 is 4.83. The molecule has 0 aliphatic rings. The van der Waals surface area contributed by atoms with Gasteiger partial charge in [-0.05, 0) is 32.9 Å². The molecule has 0 saturated carbocycles. The first-order valence-corrected chi connectivity index (χ1v) is 7.20. The van der Waals surface area contributed by atoms with Gasteiger partial charge in [0.15, 0.2) is 6.61 Å². The third-order valence-corrected chi connectivity index (χ3v) is 2.94. The summed E-state index contributed by atoms with van der Waals surface area (Å²) in [6.45, 7) is 4.68. The Bertz CT molecular complexity index is 560. The fourth-order valence-electron chi connectivity index (χ4n) is 1.60. The highest BCUT2D eigenvalue weighted by atomic mass is 35.5. The molecule has 0 fully saturated rings. The zero-order valence-electron chi connectivity index (χ0n) is 12.7. The van der Waals surface area contributed by atoms with Crippen molar-refractivity contribution < 1.29 is 19.1 Å². The van der Waals surface area contributed by atoms with Crippen LogP contribution < -0.4 is 10.6 Å². The third kappa shape index (κ3) is 5.73. The van der Waals surface area contributed by atoms with Gasteiger partial charge in [0.05, 0.1) is 10.6 Å². The van der Waals surface area contributed by atoms with Crippen LogP contribution in [-0.4, -0.2) is 36.5 Å². The molecule has 0 aromatic heterocycles. The highest BCUT2D eigenvalue weighted by Gasteiger charge is 2.20. The summed E-state index contributed by atoms with van der Waals surface area (Å²) in [5.74, 6) is -1.58. The number of carbonyl (C=O) groups is 3. The second-order valence-electron chi connectivity index (χ2n) is 5.00. The largest absolute Gasteiger partial charge is 0.454 e. The maximum Gasteiger partial charge on any atom is 0.328 e. The summed E-state index contributed by atoms with van der Waals surface area (Å²) in [6, 6.07) is 5.56. The number of hydrogen-bond acceptors (Lipinski definition) is 4. The maximum absolute atomic E-state index is 12.0. The van der Waals surface area contributed by atoms with Crippen LogP contribution >= 0.6 is 11.6 Å². The Balaban J connectivity index is 2.49. The Hall–Kier alpha value is -2.08. The molecule has 0 radical (unpaired) electrons. The van der Waals surface area contributed by atoms with Gasteiger partial charge in [0.25, 0.3) is 11.8 Å². The fourth-order valence-corrected chi connectivity index (χ4v) is 1.83. The highest BCUT2D eigenvalue weighted by Crippen LogP contribution is 2.14. The van der Waals surface area contributed by atoms with Crippen LogP contribution in [0.5, 0.6) is 0 Å². The molecule has 2 amide bonds. The van der Waals surface area contributed by atoms with Gasteiger partial charge in [-0.15, -0.1) is 0 Å². The molecular weight excluding hydrogens is 308 g/mol. The minimum Gasteiger partial charge on any atom is -0.454 e. The number of rotatable bonds is 6. The number of carbonyl (C=O) groups excluding carboxylic acids is 3. The Morgan fingerprint density at radius 3 is 2.36 bits per heavy atom. The van der Waals surface area contributed by atoms with E-state index in [1.807, 2.05) is 0 Å². The molecule has 6 nitrogen and oxygen atoms in total. The lowest BCUT2D eigenvalue weighted by Crippen LogP contribution is -2.41. The predicted octanol–water partition coefficient (Wildman–Crippen LogP) is 1.53. The summed E-state index contributed by atoms with van der Waals surface area (Å²) in [4.78, 5) is 35.1. The smallest absolute Gasteiger partial charge is 0.328 e. The van der Waals surface area contributed by atoms with Gasteiger partial charge < -0.3 is 15.4 Å². The number of amides is 2. The Kier molecular flexibility index (Phi) is 6.85. The minimum atomic E-state index is -0.893. The molecule has 2 N–H and O–H groups in total. The van der Waals surface area contributed by atoms with E-state index in [0.717, 1.165) is 0 Å². The zero-order valence-corrected chi connectivity index (χ0v) is 13.4. The van der Waals surface area contributed by atoms with Gasteiger partial charge in [-0.2, -0.15) is 0 Å². The molecule has 1 aromatic carbocycles. The standard InChI is InChI=1S/C15H19ClN2O4/c1-9(2)17-13(19)8-22-15(21)10(3)18-14(20)11-6-4-5-7-12(11)16/h4-7,9-10H,8H2,1-3H3,(H,17,19)(H,18,20)/t10-/m1/s1. The highest BCUT2D eigenvalue weighted by molar-refractivity contribution is 6.33. The molecule has 7 heteroatoms. The number of nitrogens with one attached hydrogen (secondary N) is 2. The van der Waals surface area contributed by atoms with Gasteiger partial charge in [-0.1, -0.05) is 23.7 Å². The Labute approximate surface area is 134 Å². The second kappa shape index (κ2) is 8.38. The van der Waals surface area contributed by atoms with E-state index in [0.29, 0.717) is 0 Å². The molecule has 0 aliphatic heterocycles. The van der Waals surface area contributed by atoms with Crippen molar-refractivity contribution in [2.24, 2.45) is 0 Å². The first-order chi connectivity index (χ1) is 10.3. The van der Waals surface area contributed by atoms with Gasteiger partial charge in [0.1, 0.15) is 6.04 Å². The average Bonchev–Trinajstić information content (AvgIpc) is 2.44. The van der Waals surface area contributed by atoms with Crippen LogP contribution in [0, 0.1) is 0 Å². The van der Waals surface area contributed by atoms with E-state index in [1.165, 1.54) is 6.92 Å². The zero-order chi connectivity index (χ0) is 16.7. The van der Waals surface area contributed by atoms with Gasteiger partial charge >= 0.3 is 5.97 Å². The lowest BCUT2D eigenvalue weighted by atomic mass is 10.2. The number of hydrogen-bond donors (Lipinski definition) is 2. The van der Waals surface area contributed by atoms with E-state index >= 15 is 0 Å². The third-order valence-electron chi connectivity index (χ3n) is 2.61. The quantitative estimate of drug-likeness (QED) is 0.776. The topological polar surface area (TPSA) is 84.5 Å². The predicted molar refractivity (Wildman–Crippen MR) is 82.6 cm³/mol. The molecule has 1 atom stereocenters. The average molecular weight is 327 g/mol. The molecule has 1 rings (SSSR count). The van der Waals surface area contributed by atoms with Crippen LogP contribution in [0.4, 0.5) is 0 Å². The van der Waals surface area contributed by atoms with E-state index in [9.17, 15) is 14.4 Å².